The Hall–Kier alpha value is -2.26. The monoisotopic (exact) mass is 262 g/mol. The van der Waals surface area contributed by atoms with Crippen LogP contribution in [0, 0.1) is 11.3 Å². The molecule has 19 heavy (non-hydrogen) atoms. The normalized spacial score (nSPS) is 16.5. The first kappa shape index (κ1) is 13.2. The lowest BCUT2D eigenvalue weighted by Crippen LogP contribution is -2.33. The van der Waals surface area contributed by atoms with Crippen LogP contribution in [0.5, 0.6) is 11.5 Å². The van der Waals surface area contributed by atoms with E-state index < -0.39 is 0 Å². The van der Waals surface area contributed by atoms with Gasteiger partial charge in [-0.3, -0.25) is 4.79 Å². The summed E-state index contributed by atoms with van der Waals surface area (Å²) in [6.07, 6.45) is -0.344. The minimum absolute atomic E-state index is 0.164. The third kappa shape index (κ3) is 3.36. The van der Waals surface area contributed by atoms with Crippen molar-refractivity contribution in [2.45, 2.75) is 12.5 Å². The Kier molecular flexibility index (Phi) is 4.21. The van der Waals surface area contributed by atoms with Gasteiger partial charge in [-0.15, -0.1) is 0 Å². The van der Waals surface area contributed by atoms with Crippen LogP contribution < -0.4 is 14.8 Å². The molecule has 2 rings (SSSR count). The number of amides is 1. The second-order valence-electron chi connectivity index (χ2n) is 4.05. The summed E-state index contributed by atoms with van der Waals surface area (Å²) >= 11 is 0. The molecule has 1 unspecified atom stereocenters. The van der Waals surface area contributed by atoms with E-state index in [4.69, 9.17) is 19.5 Å². The van der Waals surface area contributed by atoms with Gasteiger partial charge in [-0.2, -0.15) is 5.26 Å². The minimum Gasteiger partial charge on any atom is -0.486 e. The standard InChI is InChI=1S/C13H14N2O4/c1-17-7-10-8-18-11-3-2-9(6-12(11)19-10)15-13(16)4-5-14/h2-3,6,10H,4,7-8H2,1H3,(H,15,16). The zero-order chi connectivity index (χ0) is 13.7. The number of nitrogens with zero attached hydrogens (tertiary/aromatic N) is 1. The van der Waals surface area contributed by atoms with Gasteiger partial charge >= 0.3 is 0 Å². The molecule has 1 amide bonds. The van der Waals surface area contributed by atoms with E-state index in [-0.39, 0.29) is 18.4 Å². The molecule has 1 atom stereocenters. The van der Waals surface area contributed by atoms with E-state index in [1.165, 1.54) is 0 Å². The lowest BCUT2D eigenvalue weighted by Gasteiger charge is -2.26. The Morgan fingerprint density at radius 3 is 3.16 bits per heavy atom. The summed E-state index contributed by atoms with van der Waals surface area (Å²) in [5, 5.41) is 11.0. The molecule has 1 aromatic carbocycles. The summed E-state index contributed by atoms with van der Waals surface area (Å²) in [5.74, 6) is 0.835. The molecule has 1 aliphatic heterocycles. The first-order chi connectivity index (χ1) is 9.22. The third-order valence-electron chi connectivity index (χ3n) is 2.54. The largest absolute Gasteiger partial charge is 0.486 e. The van der Waals surface area contributed by atoms with E-state index in [0.29, 0.717) is 30.4 Å². The number of anilines is 1. The summed E-state index contributed by atoms with van der Waals surface area (Å²) in [6, 6.07) is 6.89. The molecule has 100 valence electrons. The number of methoxy groups -OCH3 is 1. The second kappa shape index (κ2) is 6.07. The zero-order valence-electron chi connectivity index (χ0n) is 10.5. The van der Waals surface area contributed by atoms with Crippen LogP contribution >= 0.6 is 0 Å². The number of carbonyl (C=O) groups excluding carboxylic acids is 1. The van der Waals surface area contributed by atoms with Crippen molar-refractivity contribution in [3.63, 3.8) is 0 Å². The van der Waals surface area contributed by atoms with Gasteiger partial charge in [0.1, 0.15) is 13.0 Å². The van der Waals surface area contributed by atoms with Crippen molar-refractivity contribution in [2.24, 2.45) is 0 Å². The Morgan fingerprint density at radius 1 is 1.58 bits per heavy atom. The molecule has 0 radical (unpaired) electrons. The average molecular weight is 262 g/mol. The van der Waals surface area contributed by atoms with Gasteiger partial charge < -0.3 is 19.5 Å². The van der Waals surface area contributed by atoms with Crippen LogP contribution in [0.3, 0.4) is 0 Å². The zero-order valence-corrected chi connectivity index (χ0v) is 10.5. The van der Waals surface area contributed by atoms with Gasteiger partial charge in [-0.05, 0) is 12.1 Å². The van der Waals surface area contributed by atoms with E-state index in [1.807, 2.05) is 0 Å². The van der Waals surface area contributed by atoms with E-state index in [1.54, 1.807) is 31.4 Å². The molecule has 0 bridgehead atoms. The number of benzene rings is 1. The highest BCUT2D eigenvalue weighted by Crippen LogP contribution is 2.34. The number of hydrogen-bond acceptors (Lipinski definition) is 5. The molecule has 1 heterocycles. The molecule has 6 nitrogen and oxygen atoms in total. The summed E-state index contributed by atoms with van der Waals surface area (Å²) < 4.78 is 16.2. The molecule has 0 spiro atoms. The lowest BCUT2D eigenvalue weighted by molar-refractivity contribution is -0.115. The fourth-order valence-electron chi connectivity index (χ4n) is 1.74. The molecule has 0 fully saturated rings. The van der Waals surface area contributed by atoms with Crippen molar-refractivity contribution >= 4 is 11.6 Å². The van der Waals surface area contributed by atoms with Crippen molar-refractivity contribution in [1.29, 1.82) is 5.26 Å². The Labute approximate surface area is 110 Å². The molecule has 0 saturated carbocycles. The number of nitriles is 1. The molecule has 0 aliphatic carbocycles. The first-order valence-corrected chi connectivity index (χ1v) is 5.82. The Morgan fingerprint density at radius 2 is 2.42 bits per heavy atom. The maximum atomic E-state index is 11.3. The highest BCUT2D eigenvalue weighted by atomic mass is 16.6. The van der Waals surface area contributed by atoms with Gasteiger partial charge in [-0.1, -0.05) is 0 Å². The van der Waals surface area contributed by atoms with Gasteiger partial charge in [0.2, 0.25) is 5.91 Å². The SMILES string of the molecule is COCC1COc2ccc(NC(=O)CC#N)cc2O1. The van der Waals surface area contributed by atoms with Crippen LogP contribution in [0.4, 0.5) is 5.69 Å². The minimum atomic E-state index is -0.354. The van der Waals surface area contributed by atoms with Gasteiger partial charge in [0.05, 0.1) is 12.7 Å². The van der Waals surface area contributed by atoms with Crippen LogP contribution in [0.1, 0.15) is 6.42 Å². The number of rotatable bonds is 4. The number of ether oxygens (including phenoxy) is 3. The van der Waals surface area contributed by atoms with Crippen LogP contribution in [0.15, 0.2) is 18.2 Å². The molecular weight excluding hydrogens is 248 g/mol. The lowest BCUT2D eigenvalue weighted by atomic mass is 10.2. The summed E-state index contributed by atoms with van der Waals surface area (Å²) in [6.45, 7) is 0.867. The van der Waals surface area contributed by atoms with Crippen molar-refractivity contribution in [3.05, 3.63) is 18.2 Å². The summed E-state index contributed by atoms with van der Waals surface area (Å²) in [5.41, 5.74) is 0.570. The van der Waals surface area contributed by atoms with Crippen molar-refractivity contribution in [2.75, 3.05) is 25.6 Å². The predicted molar refractivity (Wildman–Crippen MR) is 67.1 cm³/mol. The summed E-state index contributed by atoms with van der Waals surface area (Å²) in [7, 11) is 1.59. The second-order valence-corrected chi connectivity index (χ2v) is 4.05. The Bertz CT molecular complexity index is 510. The fourth-order valence-corrected chi connectivity index (χ4v) is 1.74. The molecule has 1 aromatic rings. The van der Waals surface area contributed by atoms with Crippen LogP contribution in [-0.4, -0.2) is 32.3 Å². The third-order valence-corrected chi connectivity index (χ3v) is 2.54. The average Bonchev–Trinajstić information content (AvgIpc) is 2.39. The molecule has 1 aliphatic rings. The topological polar surface area (TPSA) is 80.6 Å². The highest BCUT2D eigenvalue weighted by Gasteiger charge is 2.21. The summed E-state index contributed by atoms with van der Waals surface area (Å²) in [4.78, 5) is 11.3. The molecule has 0 aromatic heterocycles. The molecule has 1 N–H and O–H groups in total. The van der Waals surface area contributed by atoms with Gasteiger partial charge in [0.15, 0.2) is 17.6 Å². The maximum absolute atomic E-state index is 11.3. The molecule has 6 heteroatoms. The Balaban J connectivity index is 2.08. The van der Waals surface area contributed by atoms with Crippen LogP contribution in [0.25, 0.3) is 0 Å². The molecule has 0 saturated heterocycles. The van der Waals surface area contributed by atoms with Crippen LogP contribution in [0.2, 0.25) is 0 Å². The maximum Gasteiger partial charge on any atom is 0.238 e. The fraction of sp³-hybridized carbons (Fsp3) is 0.385. The smallest absolute Gasteiger partial charge is 0.238 e. The first-order valence-electron chi connectivity index (χ1n) is 5.82. The van der Waals surface area contributed by atoms with Gasteiger partial charge in [0, 0.05) is 18.9 Å². The molecular formula is C13H14N2O4. The van der Waals surface area contributed by atoms with Gasteiger partial charge in [-0.25, -0.2) is 0 Å². The number of carbonyl (C=O) groups is 1. The number of nitrogens with one attached hydrogen (secondary N) is 1. The predicted octanol–water partition coefficient (Wildman–Crippen LogP) is 1.32. The van der Waals surface area contributed by atoms with Crippen molar-refractivity contribution in [1.82, 2.24) is 0 Å². The van der Waals surface area contributed by atoms with E-state index in [9.17, 15) is 4.79 Å². The number of hydrogen-bond donors (Lipinski definition) is 1. The highest BCUT2D eigenvalue weighted by molar-refractivity contribution is 5.92. The van der Waals surface area contributed by atoms with E-state index >= 15 is 0 Å². The van der Waals surface area contributed by atoms with Crippen LogP contribution in [-0.2, 0) is 9.53 Å². The van der Waals surface area contributed by atoms with Gasteiger partial charge in [0.25, 0.3) is 0 Å². The quantitative estimate of drug-likeness (QED) is 0.885. The van der Waals surface area contributed by atoms with Crippen molar-refractivity contribution < 1.29 is 19.0 Å². The van der Waals surface area contributed by atoms with Crippen molar-refractivity contribution in [3.8, 4) is 17.6 Å². The van der Waals surface area contributed by atoms with E-state index in [2.05, 4.69) is 5.32 Å². The number of fused-ring (bicyclic) bond motifs is 1. The van der Waals surface area contributed by atoms with E-state index in [0.717, 1.165) is 0 Å².